The van der Waals surface area contributed by atoms with Crippen molar-refractivity contribution in [1.29, 1.82) is 0 Å². The van der Waals surface area contributed by atoms with Crippen LogP contribution in [0.5, 0.6) is 5.75 Å². The molecule has 1 aliphatic rings. The number of allylic oxidation sites excluding steroid dienone is 1. The van der Waals surface area contributed by atoms with Gasteiger partial charge in [-0.2, -0.15) is 0 Å². The fourth-order valence-corrected chi connectivity index (χ4v) is 4.41. The van der Waals surface area contributed by atoms with Gasteiger partial charge in [0.2, 0.25) is 0 Å². The van der Waals surface area contributed by atoms with Gasteiger partial charge in [-0.25, -0.2) is 0 Å². The van der Waals surface area contributed by atoms with E-state index in [4.69, 9.17) is 13.8 Å². The number of carbonyl (C=O) groups excluding carboxylic acids is 1. The quantitative estimate of drug-likeness (QED) is 0.484. The van der Waals surface area contributed by atoms with E-state index in [0.717, 1.165) is 42.6 Å². The summed E-state index contributed by atoms with van der Waals surface area (Å²) in [6.07, 6.45) is 7.27. The van der Waals surface area contributed by atoms with E-state index in [1.165, 1.54) is 31.4 Å². The minimum absolute atomic E-state index is 0.0772. The van der Waals surface area contributed by atoms with Gasteiger partial charge in [0.05, 0.1) is 7.11 Å². The number of methoxy groups -OCH3 is 1. The van der Waals surface area contributed by atoms with Crippen molar-refractivity contribution in [3.05, 3.63) is 34.4 Å². The molecule has 1 aromatic carbocycles. The summed E-state index contributed by atoms with van der Waals surface area (Å²) in [6.45, 7) is 6.48. The number of fused-ring (bicyclic) bond motifs is 1. The van der Waals surface area contributed by atoms with Crippen LogP contribution in [0.4, 0.5) is 0 Å². The van der Waals surface area contributed by atoms with Gasteiger partial charge < -0.3 is 13.8 Å². The highest BCUT2D eigenvalue weighted by Crippen LogP contribution is 2.46. The Morgan fingerprint density at radius 3 is 2.22 bits per heavy atom. The summed E-state index contributed by atoms with van der Waals surface area (Å²) in [5.74, 6) is 0.698. The van der Waals surface area contributed by atoms with E-state index in [2.05, 4.69) is 26.8 Å². The van der Waals surface area contributed by atoms with Crippen molar-refractivity contribution in [3.8, 4) is 5.75 Å². The Bertz CT molecular complexity index is 766. The van der Waals surface area contributed by atoms with Gasteiger partial charge in [-0.3, -0.25) is 9.36 Å². The van der Waals surface area contributed by atoms with Gasteiger partial charge in [-0.15, -0.1) is 0 Å². The van der Waals surface area contributed by atoms with Crippen LogP contribution in [0, 0.1) is 0 Å². The number of ketones is 1. The van der Waals surface area contributed by atoms with Crippen molar-refractivity contribution in [2.75, 3.05) is 27.5 Å². The van der Waals surface area contributed by atoms with Crippen LogP contribution in [0.15, 0.2) is 12.1 Å². The molecule has 0 heterocycles. The third kappa shape index (κ3) is 5.10. The van der Waals surface area contributed by atoms with Crippen LogP contribution in [-0.2, 0) is 36.7 Å². The Morgan fingerprint density at radius 1 is 1.11 bits per heavy atom. The van der Waals surface area contributed by atoms with E-state index >= 15 is 0 Å². The van der Waals surface area contributed by atoms with Crippen LogP contribution < -0.4 is 4.74 Å². The molecule has 150 valence electrons. The number of rotatable bonds is 7. The topological polar surface area (TPSA) is 61.8 Å². The van der Waals surface area contributed by atoms with E-state index in [0.29, 0.717) is 0 Å². The molecule has 0 spiro atoms. The molecule has 0 saturated heterocycles. The summed E-state index contributed by atoms with van der Waals surface area (Å²) < 4.78 is 27.7. The van der Waals surface area contributed by atoms with Gasteiger partial charge >= 0.3 is 7.60 Å². The summed E-state index contributed by atoms with van der Waals surface area (Å²) in [5.41, 5.74) is 4.59. The van der Waals surface area contributed by atoms with Crippen LogP contribution in [0.2, 0.25) is 0 Å². The summed E-state index contributed by atoms with van der Waals surface area (Å²) in [6, 6.07) is 2.12. The van der Waals surface area contributed by atoms with Crippen LogP contribution in [0.1, 0.15) is 55.9 Å². The largest absolute Gasteiger partial charge is 0.496 e. The fraction of sp³-hybridized carbons (Fsp3) is 0.571. The fourth-order valence-electron chi connectivity index (χ4n) is 3.51. The van der Waals surface area contributed by atoms with Gasteiger partial charge in [-0.05, 0) is 59.9 Å². The second-order valence-corrected chi connectivity index (χ2v) is 10.2. The van der Waals surface area contributed by atoms with Crippen molar-refractivity contribution < 1.29 is 23.1 Å². The zero-order valence-electron chi connectivity index (χ0n) is 17.3. The Balaban J connectivity index is 2.44. The Labute approximate surface area is 162 Å². The standard InChI is InChI=1S/C21H31O5P/c1-21(2,3)19-13-15(11-12-16(22)14-27(23,25-5)26-6)17-9-7-8-10-18(17)20(19)24-4/h11-13H,7-10,14H2,1-6H3/b12-11+. The summed E-state index contributed by atoms with van der Waals surface area (Å²) in [7, 11) is 0.953. The number of benzene rings is 1. The van der Waals surface area contributed by atoms with E-state index in [1.807, 2.05) is 6.08 Å². The molecule has 0 fully saturated rings. The maximum atomic E-state index is 12.3. The van der Waals surface area contributed by atoms with Crippen LogP contribution in [-0.4, -0.2) is 33.3 Å². The SMILES string of the molecule is COc1c(C(C)(C)C)cc(/C=C/C(=O)CP(=O)(OC)OC)c2c1CCCC2. The zero-order chi connectivity index (χ0) is 20.2. The number of carbonyl (C=O) groups is 1. The molecule has 0 saturated carbocycles. The first kappa shape index (κ1) is 21.9. The van der Waals surface area contributed by atoms with Crippen molar-refractivity contribution >= 4 is 19.5 Å². The lowest BCUT2D eigenvalue weighted by Gasteiger charge is -2.29. The van der Waals surface area contributed by atoms with E-state index < -0.39 is 7.60 Å². The average molecular weight is 394 g/mol. The van der Waals surface area contributed by atoms with Gasteiger partial charge in [0, 0.05) is 19.8 Å². The predicted molar refractivity (Wildman–Crippen MR) is 109 cm³/mol. The minimum atomic E-state index is -3.35. The first-order valence-corrected chi connectivity index (χ1v) is 11.0. The highest BCUT2D eigenvalue weighted by molar-refractivity contribution is 7.54. The molecular weight excluding hydrogens is 363 g/mol. The molecule has 1 aromatic rings. The lowest BCUT2D eigenvalue weighted by molar-refractivity contribution is -0.112. The molecule has 0 radical (unpaired) electrons. The maximum absolute atomic E-state index is 12.3. The lowest BCUT2D eigenvalue weighted by atomic mass is 9.78. The molecule has 2 rings (SSSR count). The van der Waals surface area contributed by atoms with E-state index in [9.17, 15) is 9.36 Å². The van der Waals surface area contributed by atoms with Crippen molar-refractivity contribution in [3.63, 3.8) is 0 Å². The average Bonchev–Trinajstić information content (AvgIpc) is 2.64. The molecule has 0 amide bonds. The third-order valence-corrected chi connectivity index (χ3v) is 6.81. The van der Waals surface area contributed by atoms with E-state index in [1.54, 1.807) is 7.11 Å². The second-order valence-electron chi connectivity index (χ2n) is 7.89. The first-order chi connectivity index (χ1) is 12.6. The van der Waals surface area contributed by atoms with Crippen LogP contribution in [0.25, 0.3) is 6.08 Å². The molecule has 5 nitrogen and oxygen atoms in total. The number of hydrogen-bond acceptors (Lipinski definition) is 5. The van der Waals surface area contributed by atoms with Crippen molar-refractivity contribution in [2.45, 2.75) is 51.9 Å². The van der Waals surface area contributed by atoms with Gasteiger partial charge in [0.1, 0.15) is 11.9 Å². The second kappa shape index (κ2) is 8.72. The first-order valence-electron chi connectivity index (χ1n) is 9.30. The number of hydrogen-bond donors (Lipinski definition) is 0. The Morgan fingerprint density at radius 2 is 1.70 bits per heavy atom. The highest BCUT2D eigenvalue weighted by Gasteiger charge is 2.27. The zero-order valence-corrected chi connectivity index (χ0v) is 18.2. The minimum Gasteiger partial charge on any atom is -0.496 e. The Kier molecular flexibility index (Phi) is 7.07. The molecule has 0 unspecified atom stereocenters. The molecule has 0 aromatic heterocycles. The summed E-state index contributed by atoms with van der Waals surface area (Å²) in [5, 5.41) is 0. The van der Waals surface area contributed by atoms with Gasteiger partial charge in [0.15, 0.2) is 5.78 Å². The molecule has 6 heteroatoms. The van der Waals surface area contributed by atoms with E-state index in [-0.39, 0.29) is 17.4 Å². The van der Waals surface area contributed by atoms with Crippen molar-refractivity contribution in [2.24, 2.45) is 0 Å². The highest BCUT2D eigenvalue weighted by atomic mass is 31.2. The maximum Gasteiger partial charge on any atom is 0.337 e. The lowest BCUT2D eigenvalue weighted by Crippen LogP contribution is -2.17. The smallest absolute Gasteiger partial charge is 0.337 e. The van der Waals surface area contributed by atoms with Crippen molar-refractivity contribution in [1.82, 2.24) is 0 Å². The molecule has 1 aliphatic carbocycles. The molecule has 0 bridgehead atoms. The van der Waals surface area contributed by atoms with Gasteiger partial charge in [-0.1, -0.05) is 26.8 Å². The molecular formula is C21H31O5P. The van der Waals surface area contributed by atoms with Gasteiger partial charge in [0.25, 0.3) is 0 Å². The molecule has 0 N–H and O–H groups in total. The number of ether oxygens (including phenoxy) is 1. The molecule has 0 atom stereocenters. The summed E-state index contributed by atoms with van der Waals surface area (Å²) in [4.78, 5) is 12.3. The van der Waals surface area contributed by atoms with Crippen LogP contribution >= 0.6 is 7.60 Å². The monoisotopic (exact) mass is 394 g/mol. The van der Waals surface area contributed by atoms with Crippen LogP contribution in [0.3, 0.4) is 0 Å². The predicted octanol–water partition coefficient (Wildman–Crippen LogP) is 4.94. The Hall–Kier alpha value is -1.42. The molecule has 0 aliphatic heterocycles. The summed E-state index contributed by atoms with van der Waals surface area (Å²) >= 11 is 0. The normalized spacial score (nSPS) is 15.0. The third-order valence-electron chi connectivity index (χ3n) is 5.00. The molecule has 27 heavy (non-hydrogen) atoms.